The molecule has 0 unspecified atom stereocenters. The Morgan fingerprint density at radius 2 is 1.83 bits per heavy atom. The van der Waals surface area contributed by atoms with Gasteiger partial charge in [-0.3, -0.25) is 0 Å². The second kappa shape index (κ2) is 6.82. The molecule has 3 aliphatic rings. The van der Waals surface area contributed by atoms with Crippen LogP contribution in [0.5, 0.6) is 5.75 Å². The van der Waals surface area contributed by atoms with Crippen LogP contribution in [0.15, 0.2) is 70.2 Å². The highest BCUT2D eigenvalue weighted by atomic mass is 79.9. The highest BCUT2D eigenvalue weighted by Gasteiger charge is 2.51. The minimum absolute atomic E-state index is 0.212. The van der Waals surface area contributed by atoms with Crippen molar-refractivity contribution in [3.8, 4) is 5.75 Å². The van der Waals surface area contributed by atoms with Gasteiger partial charge >= 0.3 is 0 Å². The Morgan fingerprint density at radius 3 is 2.70 bits per heavy atom. The van der Waals surface area contributed by atoms with Crippen molar-refractivity contribution in [3.05, 3.63) is 76.3 Å². The maximum atomic E-state index is 6.72. The predicted octanol–water partition coefficient (Wildman–Crippen LogP) is 5.57. The van der Waals surface area contributed by atoms with Gasteiger partial charge in [-0.2, -0.15) is 5.10 Å². The zero-order valence-electron chi connectivity index (χ0n) is 17.0. The molecule has 1 spiro atoms. The number of likely N-dealkylation sites (tertiary alicyclic amines) is 1. The fourth-order valence-electron chi connectivity index (χ4n) is 5.19. The van der Waals surface area contributed by atoms with E-state index in [1.807, 2.05) is 0 Å². The Bertz CT molecular complexity index is 1160. The minimum atomic E-state index is -0.357. The average molecular weight is 462 g/mol. The zero-order valence-corrected chi connectivity index (χ0v) is 18.6. The smallest absolute Gasteiger partial charge is 0.200 e. The zero-order chi connectivity index (χ0) is 20.3. The fourth-order valence-corrected chi connectivity index (χ4v) is 5.57. The van der Waals surface area contributed by atoms with Crippen molar-refractivity contribution < 1.29 is 4.74 Å². The van der Waals surface area contributed by atoms with E-state index in [1.165, 1.54) is 21.9 Å². The summed E-state index contributed by atoms with van der Waals surface area (Å²) in [6, 6.07) is 21.7. The Hall–Kier alpha value is -2.37. The van der Waals surface area contributed by atoms with Crippen molar-refractivity contribution in [2.45, 2.75) is 31.0 Å². The van der Waals surface area contributed by atoms with Gasteiger partial charge in [-0.05, 0) is 36.0 Å². The van der Waals surface area contributed by atoms with Crippen molar-refractivity contribution in [3.63, 3.8) is 0 Å². The standard InChI is InChI=1S/C25H24BrN3O/c1-28-13-11-25(12-14-28)29-23(21-15-18(26)9-10-24(21)30-25)16-22(27-29)20-8-4-6-17-5-2-3-7-19(17)20/h2-10,15,23H,11-14,16H2,1H3/t23-/m0/s1. The van der Waals surface area contributed by atoms with E-state index in [-0.39, 0.29) is 11.8 Å². The molecule has 1 atom stereocenters. The van der Waals surface area contributed by atoms with E-state index in [9.17, 15) is 0 Å². The number of ether oxygens (including phenoxy) is 1. The summed E-state index contributed by atoms with van der Waals surface area (Å²) in [5, 5.41) is 10.1. The van der Waals surface area contributed by atoms with Gasteiger partial charge in [0, 0.05) is 48.0 Å². The number of benzene rings is 3. The summed E-state index contributed by atoms with van der Waals surface area (Å²) in [5.41, 5.74) is 3.27. The Morgan fingerprint density at radius 1 is 1.03 bits per heavy atom. The third-order valence-electron chi connectivity index (χ3n) is 6.83. The van der Waals surface area contributed by atoms with Gasteiger partial charge in [0.2, 0.25) is 5.72 Å². The second-order valence-electron chi connectivity index (χ2n) is 8.67. The van der Waals surface area contributed by atoms with Crippen molar-refractivity contribution in [1.82, 2.24) is 9.91 Å². The minimum Gasteiger partial charge on any atom is -0.466 e. The predicted molar refractivity (Wildman–Crippen MR) is 124 cm³/mol. The van der Waals surface area contributed by atoms with E-state index >= 15 is 0 Å². The number of hydrogen-bond acceptors (Lipinski definition) is 4. The molecule has 0 bridgehead atoms. The summed E-state index contributed by atoms with van der Waals surface area (Å²) in [5.74, 6) is 1.01. The van der Waals surface area contributed by atoms with Crippen LogP contribution in [0, 0.1) is 0 Å². The summed E-state index contributed by atoms with van der Waals surface area (Å²) in [6.45, 7) is 2.04. The van der Waals surface area contributed by atoms with Crippen LogP contribution in [0.25, 0.3) is 10.8 Å². The van der Waals surface area contributed by atoms with E-state index in [2.05, 4.69) is 93.6 Å². The molecule has 3 aromatic rings. The van der Waals surface area contributed by atoms with E-state index in [1.54, 1.807) is 0 Å². The topological polar surface area (TPSA) is 28.1 Å². The molecule has 0 N–H and O–H groups in total. The lowest BCUT2D eigenvalue weighted by molar-refractivity contribution is -0.147. The van der Waals surface area contributed by atoms with Crippen LogP contribution in [0.2, 0.25) is 0 Å². The van der Waals surface area contributed by atoms with Gasteiger partial charge in [0.05, 0.1) is 11.8 Å². The lowest BCUT2D eigenvalue weighted by Crippen LogP contribution is -2.58. The number of hydrazone groups is 1. The highest BCUT2D eigenvalue weighted by Crippen LogP contribution is 2.50. The van der Waals surface area contributed by atoms with E-state index in [0.29, 0.717) is 0 Å². The first-order valence-corrected chi connectivity index (χ1v) is 11.4. The van der Waals surface area contributed by atoms with Crippen molar-refractivity contribution in [2.24, 2.45) is 5.10 Å². The maximum Gasteiger partial charge on any atom is 0.200 e. The number of halogens is 1. The van der Waals surface area contributed by atoms with E-state index in [0.717, 1.165) is 48.3 Å². The lowest BCUT2D eigenvalue weighted by atomic mass is 9.90. The van der Waals surface area contributed by atoms with Gasteiger partial charge in [-0.1, -0.05) is 58.4 Å². The molecule has 0 aromatic heterocycles. The maximum absolute atomic E-state index is 6.72. The molecule has 6 rings (SSSR count). The summed E-state index contributed by atoms with van der Waals surface area (Å²) >= 11 is 3.66. The normalized spacial score (nSPS) is 22.5. The molecule has 3 aromatic carbocycles. The van der Waals surface area contributed by atoms with Crippen LogP contribution in [-0.2, 0) is 0 Å². The quantitative estimate of drug-likeness (QED) is 0.474. The number of nitrogens with zero attached hydrogens (tertiary/aromatic N) is 3. The molecule has 1 fully saturated rings. The molecule has 30 heavy (non-hydrogen) atoms. The third kappa shape index (κ3) is 2.79. The van der Waals surface area contributed by atoms with Gasteiger partial charge in [0.15, 0.2) is 0 Å². The molecule has 3 heterocycles. The molecule has 4 nitrogen and oxygen atoms in total. The van der Waals surface area contributed by atoms with Crippen LogP contribution in [0.4, 0.5) is 0 Å². The fraction of sp³-hybridized carbons (Fsp3) is 0.320. The molecule has 5 heteroatoms. The Balaban J connectivity index is 1.49. The molecule has 0 saturated carbocycles. The van der Waals surface area contributed by atoms with Crippen LogP contribution in [0.1, 0.15) is 36.4 Å². The van der Waals surface area contributed by atoms with E-state index in [4.69, 9.17) is 9.84 Å². The lowest BCUT2D eigenvalue weighted by Gasteiger charge is -2.50. The van der Waals surface area contributed by atoms with E-state index < -0.39 is 0 Å². The third-order valence-corrected chi connectivity index (χ3v) is 7.32. The summed E-state index contributed by atoms with van der Waals surface area (Å²) in [4.78, 5) is 2.38. The van der Waals surface area contributed by atoms with Gasteiger partial charge < -0.3 is 9.64 Å². The van der Waals surface area contributed by atoms with Crippen molar-refractivity contribution in [2.75, 3.05) is 20.1 Å². The highest BCUT2D eigenvalue weighted by molar-refractivity contribution is 9.10. The van der Waals surface area contributed by atoms with Gasteiger partial charge in [0.1, 0.15) is 5.75 Å². The first kappa shape index (κ1) is 18.4. The Kier molecular flexibility index (Phi) is 4.19. The van der Waals surface area contributed by atoms with Crippen LogP contribution >= 0.6 is 15.9 Å². The first-order valence-electron chi connectivity index (χ1n) is 10.6. The molecule has 0 amide bonds. The number of rotatable bonds is 1. The number of fused-ring (bicyclic) bond motifs is 5. The number of hydrogen-bond donors (Lipinski definition) is 0. The van der Waals surface area contributed by atoms with Crippen LogP contribution < -0.4 is 4.74 Å². The van der Waals surface area contributed by atoms with Crippen molar-refractivity contribution in [1.29, 1.82) is 0 Å². The average Bonchev–Trinajstić information content (AvgIpc) is 3.23. The second-order valence-corrected chi connectivity index (χ2v) is 9.59. The van der Waals surface area contributed by atoms with Crippen molar-refractivity contribution >= 4 is 32.4 Å². The molecule has 0 aliphatic carbocycles. The monoisotopic (exact) mass is 461 g/mol. The first-order chi connectivity index (χ1) is 14.6. The molecule has 0 radical (unpaired) electrons. The molecule has 152 valence electrons. The molecule has 3 aliphatic heterocycles. The Labute approximate surface area is 185 Å². The SMILES string of the molecule is CN1CCC2(CC1)Oc1ccc(Br)cc1[C@@H]1CC(c3cccc4ccccc34)=NN12. The summed E-state index contributed by atoms with van der Waals surface area (Å²) in [7, 11) is 2.19. The molecule has 1 saturated heterocycles. The van der Waals surface area contributed by atoms with Gasteiger partial charge in [-0.25, -0.2) is 5.01 Å². The van der Waals surface area contributed by atoms with Crippen LogP contribution in [-0.4, -0.2) is 41.5 Å². The summed E-state index contributed by atoms with van der Waals surface area (Å²) < 4.78 is 7.81. The van der Waals surface area contributed by atoms with Gasteiger partial charge in [0.25, 0.3) is 0 Å². The van der Waals surface area contributed by atoms with Gasteiger partial charge in [-0.15, -0.1) is 0 Å². The molecular weight excluding hydrogens is 438 g/mol. The van der Waals surface area contributed by atoms with Crippen LogP contribution in [0.3, 0.4) is 0 Å². The number of piperidine rings is 1. The molecular formula is C25H24BrN3O. The summed E-state index contributed by atoms with van der Waals surface area (Å²) in [6.07, 6.45) is 2.82. The largest absolute Gasteiger partial charge is 0.466 e.